The number of hydrogen-bond donors (Lipinski definition) is 0. The molecule has 16 heavy (non-hydrogen) atoms. The zero-order valence-corrected chi connectivity index (χ0v) is 11.9. The molecule has 1 aromatic rings. The smallest absolute Gasteiger partial charge is 0.0444 e. The Bertz CT molecular complexity index is 330. The molecular weight excluding hydrogens is 263 g/mol. The number of benzene rings is 1. The van der Waals surface area contributed by atoms with Crippen molar-refractivity contribution in [3.05, 3.63) is 34.9 Å². The lowest BCUT2D eigenvalue weighted by atomic mass is 9.77. The minimum absolute atomic E-state index is 0.213. The third-order valence-electron chi connectivity index (χ3n) is 2.76. The van der Waals surface area contributed by atoms with Crippen molar-refractivity contribution in [2.75, 3.05) is 11.8 Å². The molecular formula is C13H17Cl3. The molecule has 0 heterocycles. The quantitative estimate of drug-likeness (QED) is 0.658. The van der Waals surface area contributed by atoms with Crippen LogP contribution < -0.4 is 0 Å². The Balaban J connectivity index is 3.15. The monoisotopic (exact) mass is 278 g/mol. The van der Waals surface area contributed by atoms with E-state index in [1.54, 1.807) is 0 Å². The fourth-order valence-corrected chi connectivity index (χ4v) is 3.20. The average molecular weight is 280 g/mol. The Kier molecular flexibility index (Phi) is 5.43. The van der Waals surface area contributed by atoms with Gasteiger partial charge in [0.25, 0.3) is 0 Å². The van der Waals surface area contributed by atoms with E-state index in [4.69, 9.17) is 34.8 Å². The summed E-state index contributed by atoms with van der Waals surface area (Å²) < 4.78 is 0. The van der Waals surface area contributed by atoms with E-state index in [0.717, 1.165) is 17.0 Å². The molecule has 0 aliphatic rings. The number of alkyl halides is 2. The minimum Gasteiger partial charge on any atom is -0.126 e. The van der Waals surface area contributed by atoms with E-state index >= 15 is 0 Å². The molecule has 0 N–H and O–H groups in total. The normalized spacial score (nSPS) is 12.1. The second-order valence-electron chi connectivity index (χ2n) is 4.63. The van der Waals surface area contributed by atoms with E-state index in [0.29, 0.717) is 17.7 Å². The summed E-state index contributed by atoms with van der Waals surface area (Å²) >= 11 is 18.5. The molecule has 0 atom stereocenters. The lowest BCUT2D eigenvalue weighted by molar-refractivity contribution is 0.409. The number of hydrogen-bond acceptors (Lipinski definition) is 0. The molecule has 0 amide bonds. The Morgan fingerprint density at radius 3 is 2.12 bits per heavy atom. The number of rotatable bonds is 5. The summed E-state index contributed by atoms with van der Waals surface area (Å²) in [5, 5.41) is 0.754. The predicted octanol–water partition coefficient (Wildman–Crippen LogP) is 5.10. The van der Waals surface area contributed by atoms with Gasteiger partial charge in [-0.25, -0.2) is 0 Å². The van der Waals surface area contributed by atoms with Crippen LogP contribution in [0.25, 0.3) is 0 Å². The van der Waals surface area contributed by atoms with E-state index in [1.165, 1.54) is 0 Å². The fraction of sp³-hybridized carbons (Fsp3) is 0.538. The highest BCUT2D eigenvalue weighted by Crippen LogP contribution is 2.37. The summed E-state index contributed by atoms with van der Waals surface area (Å²) in [6.45, 7) is 4.34. The average Bonchev–Trinajstić information content (AvgIpc) is 2.26. The van der Waals surface area contributed by atoms with Crippen LogP contribution in [0.5, 0.6) is 0 Å². The van der Waals surface area contributed by atoms with Crippen molar-refractivity contribution in [1.29, 1.82) is 0 Å². The first-order valence-corrected chi connectivity index (χ1v) is 6.87. The van der Waals surface area contributed by atoms with Crippen LogP contribution in [0, 0.1) is 5.92 Å². The van der Waals surface area contributed by atoms with Crippen molar-refractivity contribution < 1.29 is 0 Å². The second-order valence-corrected chi connectivity index (χ2v) is 5.57. The molecule has 0 spiro atoms. The van der Waals surface area contributed by atoms with Crippen LogP contribution >= 0.6 is 34.8 Å². The zero-order valence-electron chi connectivity index (χ0n) is 9.64. The molecule has 0 fully saturated rings. The lowest BCUT2D eigenvalue weighted by Gasteiger charge is -2.32. The van der Waals surface area contributed by atoms with Gasteiger partial charge in [0.2, 0.25) is 0 Å². The van der Waals surface area contributed by atoms with Crippen molar-refractivity contribution in [3.8, 4) is 0 Å². The maximum atomic E-state index is 6.23. The van der Waals surface area contributed by atoms with Crippen molar-refractivity contribution >= 4 is 34.8 Å². The Morgan fingerprint density at radius 2 is 1.69 bits per heavy atom. The minimum atomic E-state index is -0.213. The third-order valence-corrected chi connectivity index (χ3v) is 4.11. The van der Waals surface area contributed by atoms with E-state index in [-0.39, 0.29) is 5.41 Å². The SMILES string of the molecule is CC(C)CC(CCl)(CCl)c1ccccc1Cl. The third kappa shape index (κ3) is 3.06. The highest BCUT2D eigenvalue weighted by Gasteiger charge is 2.33. The predicted molar refractivity (Wildman–Crippen MR) is 74.0 cm³/mol. The molecule has 0 saturated carbocycles. The fourth-order valence-electron chi connectivity index (χ4n) is 2.07. The summed E-state index contributed by atoms with van der Waals surface area (Å²) in [6.07, 6.45) is 0.948. The molecule has 0 aliphatic carbocycles. The lowest BCUT2D eigenvalue weighted by Crippen LogP contribution is -2.32. The number of halogens is 3. The van der Waals surface area contributed by atoms with Gasteiger partial charge >= 0.3 is 0 Å². The van der Waals surface area contributed by atoms with Crippen molar-refractivity contribution in [2.45, 2.75) is 25.7 Å². The van der Waals surface area contributed by atoms with Crippen LogP contribution in [-0.4, -0.2) is 11.8 Å². The van der Waals surface area contributed by atoms with Crippen LogP contribution in [0.2, 0.25) is 5.02 Å². The van der Waals surface area contributed by atoms with Gasteiger partial charge in [0.05, 0.1) is 0 Å². The molecule has 3 heteroatoms. The van der Waals surface area contributed by atoms with E-state index in [1.807, 2.05) is 24.3 Å². The van der Waals surface area contributed by atoms with Crippen molar-refractivity contribution in [3.63, 3.8) is 0 Å². The van der Waals surface area contributed by atoms with Crippen molar-refractivity contribution in [2.24, 2.45) is 5.92 Å². The molecule has 0 saturated heterocycles. The summed E-state index contributed by atoms with van der Waals surface area (Å²) in [5.41, 5.74) is 0.852. The largest absolute Gasteiger partial charge is 0.126 e. The van der Waals surface area contributed by atoms with E-state index in [9.17, 15) is 0 Å². The standard InChI is InChI=1S/C13H17Cl3/c1-10(2)7-13(8-14,9-15)11-5-3-4-6-12(11)16/h3-6,10H,7-9H2,1-2H3. The van der Waals surface area contributed by atoms with Crippen molar-refractivity contribution in [1.82, 2.24) is 0 Å². The van der Waals surface area contributed by atoms with Gasteiger partial charge in [-0.15, -0.1) is 23.2 Å². The van der Waals surface area contributed by atoms with Gasteiger partial charge < -0.3 is 0 Å². The highest BCUT2D eigenvalue weighted by molar-refractivity contribution is 6.32. The van der Waals surface area contributed by atoms with Crippen LogP contribution in [0.1, 0.15) is 25.8 Å². The summed E-state index contributed by atoms with van der Waals surface area (Å²) in [7, 11) is 0. The molecule has 0 radical (unpaired) electrons. The molecule has 0 bridgehead atoms. The molecule has 0 aromatic heterocycles. The van der Waals surface area contributed by atoms with Gasteiger partial charge in [-0.1, -0.05) is 43.6 Å². The molecule has 0 aliphatic heterocycles. The van der Waals surface area contributed by atoms with E-state index in [2.05, 4.69) is 13.8 Å². The van der Waals surface area contributed by atoms with Crippen LogP contribution in [-0.2, 0) is 5.41 Å². The van der Waals surface area contributed by atoms with Gasteiger partial charge in [0, 0.05) is 22.2 Å². The Hall–Kier alpha value is 0.0900. The maximum Gasteiger partial charge on any atom is 0.0444 e. The van der Waals surface area contributed by atoms with Gasteiger partial charge in [-0.05, 0) is 24.0 Å². The van der Waals surface area contributed by atoms with Crippen LogP contribution in [0.3, 0.4) is 0 Å². The molecule has 1 rings (SSSR count). The molecule has 1 aromatic carbocycles. The van der Waals surface area contributed by atoms with Crippen LogP contribution in [0.15, 0.2) is 24.3 Å². The van der Waals surface area contributed by atoms with Gasteiger partial charge in [-0.2, -0.15) is 0 Å². The topological polar surface area (TPSA) is 0 Å². The molecule has 0 nitrogen and oxygen atoms in total. The molecule has 90 valence electrons. The zero-order chi connectivity index (χ0) is 12.2. The van der Waals surface area contributed by atoms with Gasteiger partial charge in [0.1, 0.15) is 0 Å². The Morgan fingerprint density at radius 1 is 1.12 bits per heavy atom. The summed E-state index contributed by atoms with van der Waals surface area (Å²) in [5.74, 6) is 1.53. The summed E-state index contributed by atoms with van der Waals surface area (Å²) in [6, 6.07) is 7.82. The van der Waals surface area contributed by atoms with E-state index < -0.39 is 0 Å². The maximum absolute atomic E-state index is 6.23. The second kappa shape index (κ2) is 6.14. The molecule has 0 unspecified atom stereocenters. The Labute approximate surface area is 113 Å². The van der Waals surface area contributed by atoms with Gasteiger partial charge in [-0.3, -0.25) is 0 Å². The summed E-state index contributed by atoms with van der Waals surface area (Å²) in [4.78, 5) is 0. The van der Waals surface area contributed by atoms with Crippen LogP contribution in [0.4, 0.5) is 0 Å². The first-order valence-electron chi connectivity index (χ1n) is 5.42. The first kappa shape index (κ1) is 14.2. The first-order chi connectivity index (χ1) is 7.55. The highest BCUT2D eigenvalue weighted by atomic mass is 35.5. The van der Waals surface area contributed by atoms with Gasteiger partial charge in [0.15, 0.2) is 0 Å².